The monoisotopic (exact) mass is 318 g/mol. The molecule has 1 aliphatic heterocycles. The van der Waals surface area contributed by atoms with E-state index in [1.165, 1.54) is 4.90 Å². The zero-order chi connectivity index (χ0) is 16.1. The van der Waals surface area contributed by atoms with Gasteiger partial charge < -0.3 is 20.1 Å². The molecule has 0 bridgehead atoms. The fraction of sp³-hybridized carbons (Fsp3) is 0.500. The van der Waals surface area contributed by atoms with Crippen molar-refractivity contribution in [1.82, 2.24) is 4.90 Å². The Labute approximate surface area is 125 Å². The number of aliphatic hydroxyl groups is 1. The van der Waals surface area contributed by atoms with E-state index in [0.29, 0.717) is 25.9 Å². The Kier molecular flexibility index (Phi) is 5.48. The van der Waals surface area contributed by atoms with Gasteiger partial charge in [0.15, 0.2) is 0 Å². The van der Waals surface area contributed by atoms with Crippen LogP contribution in [0.5, 0.6) is 5.75 Å². The van der Waals surface area contributed by atoms with Crippen molar-refractivity contribution >= 4 is 11.7 Å². The normalized spacial score (nSPS) is 16.0. The summed E-state index contributed by atoms with van der Waals surface area (Å²) in [6.07, 6.45) is 1.32. The molecular weight excluding hydrogens is 301 g/mol. The third kappa shape index (κ3) is 4.27. The average Bonchev–Trinajstić information content (AvgIpc) is 2.49. The third-order valence-electron chi connectivity index (χ3n) is 3.56. The van der Waals surface area contributed by atoms with Gasteiger partial charge in [-0.25, -0.2) is 9.18 Å². The van der Waals surface area contributed by atoms with Crippen molar-refractivity contribution in [1.29, 1.82) is 0 Å². The Balaban J connectivity index is 2.03. The fourth-order valence-corrected chi connectivity index (χ4v) is 2.31. The van der Waals surface area contributed by atoms with E-state index in [2.05, 4.69) is 10.1 Å². The Bertz CT molecular complexity index is 520. The fourth-order valence-electron chi connectivity index (χ4n) is 2.31. The number of anilines is 1. The van der Waals surface area contributed by atoms with E-state index in [-0.39, 0.29) is 24.0 Å². The first-order chi connectivity index (χ1) is 10.5. The lowest BCUT2D eigenvalue weighted by molar-refractivity contribution is -0.0494. The summed E-state index contributed by atoms with van der Waals surface area (Å²) in [5.41, 5.74) is -0.144. The minimum absolute atomic E-state index is 0.0751. The molecule has 22 heavy (non-hydrogen) atoms. The summed E-state index contributed by atoms with van der Waals surface area (Å²) in [5.74, 6) is -0.804. The smallest absolute Gasteiger partial charge is 0.387 e. The molecule has 1 aromatic carbocycles. The number of rotatable bonds is 4. The van der Waals surface area contributed by atoms with Crippen LogP contribution in [0.3, 0.4) is 0 Å². The summed E-state index contributed by atoms with van der Waals surface area (Å²) in [6.45, 7) is -2.11. The maximum atomic E-state index is 13.2. The van der Waals surface area contributed by atoms with E-state index >= 15 is 0 Å². The molecule has 1 heterocycles. The van der Waals surface area contributed by atoms with Gasteiger partial charge in [0.25, 0.3) is 0 Å². The summed E-state index contributed by atoms with van der Waals surface area (Å²) in [4.78, 5) is 13.6. The predicted octanol–water partition coefficient (Wildman–Crippen LogP) is 2.66. The Morgan fingerprint density at radius 1 is 1.41 bits per heavy atom. The van der Waals surface area contributed by atoms with Gasteiger partial charge in [-0.2, -0.15) is 8.78 Å². The lowest BCUT2D eigenvalue weighted by atomic mass is 9.98. The molecule has 2 N–H and O–H groups in total. The Hall–Kier alpha value is -1.96. The number of carbonyl (C=O) groups is 1. The molecule has 5 nitrogen and oxygen atoms in total. The standard InChI is InChI=1S/C14H17F3N2O3/c15-10-1-2-12(22-13(16)17)11(7-10)18-14(21)19-5-3-9(8-20)4-6-19/h1-2,7,9,13,20H,3-6,8H2,(H,18,21). The first kappa shape index (κ1) is 16.4. The van der Waals surface area contributed by atoms with Crippen LogP contribution in [0, 0.1) is 11.7 Å². The molecule has 2 amide bonds. The number of nitrogens with zero attached hydrogens (tertiary/aromatic N) is 1. The van der Waals surface area contributed by atoms with Crippen molar-refractivity contribution in [2.45, 2.75) is 19.5 Å². The molecule has 1 aliphatic rings. The van der Waals surface area contributed by atoms with Crippen molar-refractivity contribution in [3.8, 4) is 5.75 Å². The highest BCUT2D eigenvalue weighted by Gasteiger charge is 2.23. The molecule has 0 aromatic heterocycles. The SMILES string of the molecule is O=C(Nc1cc(F)ccc1OC(F)F)N1CCC(CO)CC1. The second-order valence-electron chi connectivity index (χ2n) is 5.06. The minimum atomic E-state index is -3.07. The van der Waals surface area contributed by atoms with Crippen molar-refractivity contribution in [3.05, 3.63) is 24.0 Å². The van der Waals surface area contributed by atoms with Gasteiger partial charge in [0, 0.05) is 25.8 Å². The quantitative estimate of drug-likeness (QED) is 0.897. The highest BCUT2D eigenvalue weighted by Crippen LogP contribution is 2.27. The van der Waals surface area contributed by atoms with Gasteiger partial charge in [-0.1, -0.05) is 0 Å². The van der Waals surface area contributed by atoms with Gasteiger partial charge in [-0.3, -0.25) is 0 Å². The number of hydrogen-bond donors (Lipinski definition) is 2. The number of ether oxygens (including phenoxy) is 1. The van der Waals surface area contributed by atoms with Crippen LogP contribution in [-0.4, -0.2) is 42.3 Å². The second kappa shape index (κ2) is 7.35. The molecular formula is C14H17F3N2O3. The molecule has 1 saturated heterocycles. The van der Waals surface area contributed by atoms with Gasteiger partial charge in [0.2, 0.25) is 0 Å². The maximum absolute atomic E-state index is 13.2. The van der Waals surface area contributed by atoms with E-state index in [1.807, 2.05) is 0 Å². The number of alkyl halides is 2. The summed E-state index contributed by atoms with van der Waals surface area (Å²) in [5, 5.41) is 11.4. The summed E-state index contributed by atoms with van der Waals surface area (Å²) < 4.78 is 42.1. The zero-order valence-corrected chi connectivity index (χ0v) is 11.8. The predicted molar refractivity (Wildman–Crippen MR) is 73.4 cm³/mol. The molecule has 2 rings (SSSR count). The summed E-state index contributed by atoms with van der Waals surface area (Å²) in [6, 6.07) is 2.42. The van der Waals surface area contributed by atoms with Gasteiger partial charge in [0.05, 0.1) is 5.69 Å². The average molecular weight is 318 g/mol. The van der Waals surface area contributed by atoms with Crippen LogP contribution < -0.4 is 10.1 Å². The lowest BCUT2D eigenvalue weighted by Crippen LogP contribution is -2.41. The highest BCUT2D eigenvalue weighted by atomic mass is 19.3. The highest BCUT2D eigenvalue weighted by molar-refractivity contribution is 5.91. The number of piperidine rings is 1. The number of urea groups is 1. The van der Waals surface area contributed by atoms with E-state index in [0.717, 1.165) is 18.2 Å². The molecule has 0 spiro atoms. The van der Waals surface area contributed by atoms with Gasteiger partial charge in [0.1, 0.15) is 11.6 Å². The number of halogens is 3. The number of carbonyl (C=O) groups excluding carboxylic acids is 1. The number of aliphatic hydroxyl groups excluding tert-OH is 1. The van der Waals surface area contributed by atoms with Gasteiger partial charge in [-0.05, 0) is 30.9 Å². The largest absolute Gasteiger partial charge is 0.433 e. The molecule has 0 atom stereocenters. The van der Waals surface area contributed by atoms with Crippen LogP contribution in [0.25, 0.3) is 0 Å². The zero-order valence-electron chi connectivity index (χ0n) is 11.8. The van der Waals surface area contributed by atoms with Crippen LogP contribution in [-0.2, 0) is 0 Å². The van der Waals surface area contributed by atoms with Crippen molar-refractivity contribution < 1.29 is 27.8 Å². The first-order valence-corrected chi connectivity index (χ1v) is 6.90. The summed E-state index contributed by atoms with van der Waals surface area (Å²) in [7, 11) is 0. The molecule has 0 aliphatic carbocycles. The van der Waals surface area contributed by atoms with E-state index in [4.69, 9.17) is 5.11 Å². The van der Waals surface area contributed by atoms with Crippen molar-refractivity contribution in [3.63, 3.8) is 0 Å². The number of likely N-dealkylation sites (tertiary alicyclic amines) is 1. The third-order valence-corrected chi connectivity index (χ3v) is 3.56. The summed E-state index contributed by atoms with van der Waals surface area (Å²) >= 11 is 0. The Morgan fingerprint density at radius 2 is 2.09 bits per heavy atom. The first-order valence-electron chi connectivity index (χ1n) is 6.90. The van der Waals surface area contributed by atoms with Crippen LogP contribution in [0.4, 0.5) is 23.7 Å². The lowest BCUT2D eigenvalue weighted by Gasteiger charge is -2.31. The number of amides is 2. The van der Waals surface area contributed by atoms with Crippen molar-refractivity contribution in [2.75, 3.05) is 25.0 Å². The van der Waals surface area contributed by atoms with Gasteiger partial charge >= 0.3 is 12.6 Å². The molecule has 1 aromatic rings. The van der Waals surface area contributed by atoms with Crippen LogP contribution in [0.15, 0.2) is 18.2 Å². The molecule has 122 valence electrons. The number of benzene rings is 1. The number of hydrogen-bond acceptors (Lipinski definition) is 3. The maximum Gasteiger partial charge on any atom is 0.387 e. The van der Waals surface area contributed by atoms with Crippen LogP contribution in [0.2, 0.25) is 0 Å². The molecule has 0 saturated carbocycles. The second-order valence-corrected chi connectivity index (χ2v) is 5.06. The van der Waals surface area contributed by atoms with E-state index < -0.39 is 18.5 Å². The minimum Gasteiger partial charge on any atom is -0.433 e. The topological polar surface area (TPSA) is 61.8 Å². The van der Waals surface area contributed by atoms with Crippen molar-refractivity contribution in [2.24, 2.45) is 5.92 Å². The van der Waals surface area contributed by atoms with E-state index in [1.54, 1.807) is 0 Å². The molecule has 8 heteroatoms. The van der Waals surface area contributed by atoms with Crippen LogP contribution >= 0.6 is 0 Å². The molecule has 0 unspecified atom stereocenters. The van der Waals surface area contributed by atoms with E-state index in [9.17, 15) is 18.0 Å². The van der Waals surface area contributed by atoms with Gasteiger partial charge in [-0.15, -0.1) is 0 Å². The van der Waals surface area contributed by atoms with Crippen LogP contribution in [0.1, 0.15) is 12.8 Å². The Morgan fingerprint density at radius 3 is 2.68 bits per heavy atom. The molecule has 0 radical (unpaired) electrons. The molecule has 1 fully saturated rings. The number of nitrogens with one attached hydrogen (secondary N) is 1.